The molecule has 23 heavy (non-hydrogen) atoms. The number of rotatable bonds is 2. The first-order valence-electron chi connectivity index (χ1n) is 5.96. The summed E-state index contributed by atoms with van der Waals surface area (Å²) < 4.78 is 64.1. The van der Waals surface area contributed by atoms with Crippen molar-refractivity contribution in [1.29, 1.82) is 5.26 Å². The Labute approximate surface area is 130 Å². The molecule has 1 heterocycles. The summed E-state index contributed by atoms with van der Waals surface area (Å²) in [4.78, 5) is 13.9. The normalized spacial score (nSPS) is 12.0. The van der Waals surface area contributed by atoms with Crippen LogP contribution in [0.25, 0.3) is 11.3 Å². The minimum absolute atomic E-state index is 0.0572. The summed E-state index contributed by atoms with van der Waals surface area (Å²) in [5, 5.41) is 4.79. The number of benzene rings is 1. The van der Waals surface area contributed by atoms with E-state index in [1.54, 1.807) is 0 Å². The Balaban J connectivity index is 2.60. The van der Waals surface area contributed by atoms with E-state index in [0.717, 1.165) is 30.3 Å². The topological polar surface area (TPSA) is 56.6 Å². The molecule has 0 aliphatic carbocycles. The molecular formula is C14H6ClF5N2O. The molecule has 0 unspecified atom stereocenters. The maximum atomic E-state index is 13.3. The van der Waals surface area contributed by atoms with E-state index in [2.05, 4.69) is 4.98 Å². The van der Waals surface area contributed by atoms with Gasteiger partial charge in [0.05, 0.1) is 11.1 Å². The van der Waals surface area contributed by atoms with Gasteiger partial charge in [-0.15, -0.1) is 0 Å². The smallest absolute Gasteiger partial charge is 0.321 e. The first-order chi connectivity index (χ1) is 10.5. The molecule has 0 aliphatic heterocycles. The minimum atomic E-state index is -4.55. The fourth-order valence-electron chi connectivity index (χ4n) is 1.89. The van der Waals surface area contributed by atoms with Gasteiger partial charge in [0, 0.05) is 5.69 Å². The van der Waals surface area contributed by atoms with Crippen molar-refractivity contribution >= 4 is 11.6 Å². The number of aromatic nitrogens is 1. The van der Waals surface area contributed by atoms with E-state index >= 15 is 0 Å². The summed E-state index contributed by atoms with van der Waals surface area (Å²) in [6.45, 7) is 0. The molecule has 0 saturated heterocycles. The quantitative estimate of drug-likeness (QED) is 0.652. The van der Waals surface area contributed by atoms with Gasteiger partial charge < -0.3 is 4.98 Å². The molecule has 3 nitrogen and oxygen atoms in total. The minimum Gasteiger partial charge on any atom is -0.321 e. The van der Waals surface area contributed by atoms with E-state index in [-0.39, 0.29) is 11.3 Å². The highest BCUT2D eigenvalue weighted by atomic mass is 35.5. The monoisotopic (exact) mass is 348 g/mol. The average molecular weight is 349 g/mol. The number of nitriles is 1. The molecule has 1 aromatic carbocycles. The van der Waals surface area contributed by atoms with Gasteiger partial charge in [-0.3, -0.25) is 4.79 Å². The van der Waals surface area contributed by atoms with E-state index < -0.39 is 33.8 Å². The zero-order chi connectivity index (χ0) is 17.4. The Morgan fingerprint density at radius 2 is 1.65 bits per heavy atom. The second-order valence-electron chi connectivity index (χ2n) is 4.49. The van der Waals surface area contributed by atoms with Crippen LogP contribution in [0.2, 0.25) is 0 Å². The second kappa shape index (κ2) is 5.66. The molecule has 1 N–H and O–H groups in total. The average Bonchev–Trinajstić information content (AvgIpc) is 2.44. The summed E-state index contributed by atoms with van der Waals surface area (Å²) in [7, 11) is 0. The van der Waals surface area contributed by atoms with Crippen molar-refractivity contribution in [2.24, 2.45) is 0 Å². The Morgan fingerprint density at radius 3 is 2.09 bits per heavy atom. The molecule has 0 spiro atoms. The van der Waals surface area contributed by atoms with Gasteiger partial charge in [0.15, 0.2) is 0 Å². The van der Waals surface area contributed by atoms with Crippen LogP contribution in [-0.2, 0) is 11.6 Å². The van der Waals surface area contributed by atoms with Crippen molar-refractivity contribution in [2.45, 2.75) is 11.6 Å². The largest absolute Gasteiger partial charge is 0.416 e. The number of H-pyrrole nitrogens is 1. The van der Waals surface area contributed by atoms with E-state index in [4.69, 9.17) is 16.9 Å². The molecular weight excluding hydrogens is 343 g/mol. The van der Waals surface area contributed by atoms with Crippen LogP contribution in [0.15, 0.2) is 35.1 Å². The lowest BCUT2D eigenvalue weighted by molar-refractivity contribution is -0.137. The lowest BCUT2D eigenvalue weighted by Gasteiger charge is -2.12. The van der Waals surface area contributed by atoms with E-state index in [0.29, 0.717) is 0 Å². The number of nitrogens with zero attached hydrogens (tertiary/aromatic N) is 1. The van der Waals surface area contributed by atoms with Gasteiger partial charge in [-0.2, -0.15) is 27.2 Å². The van der Waals surface area contributed by atoms with Crippen LogP contribution in [0.3, 0.4) is 0 Å². The van der Waals surface area contributed by atoms with Crippen LogP contribution in [-0.4, -0.2) is 4.98 Å². The maximum Gasteiger partial charge on any atom is 0.416 e. The molecule has 0 bridgehead atoms. The number of alkyl halides is 6. The Kier molecular flexibility index (Phi) is 4.18. The summed E-state index contributed by atoms with van der Waals surface area (Å²) in [6, 6.07) is 5.58. The third kappa shape index (κ3) is 3.51. The van der Waals surface area contributed by atoms with Crippen molar-refractivity contribution in [3.05, 3.63) is 57.4 Å². The van der Waals surface area contributed by atoms with Gasteiger partial charge in [0.25, 0.3) is 5.56 Å². The van der Waals surface area contributed by atoms with Gasteiger partial charge >= 0.3 is 11.6 Å². The van der Waals surface area contributed by atoms with Gasteiger partial charge in [-0.1, -0.05) is 12.1 Å². The summed E-state index contributed by atoms with van der Waals surface area (Å²) in [5.41, 5.74) is -4.04. The van der Waals surface area contributed by atoms with Crippen LogP contribution in [0, 0.1) is 11.3 Å². The van der Waals surface area contributed by atoms with Gasteiger partial charge in [0.2, 0.25) is 0 Å². The maximum absolute atomic E-state index is 13.3. The number of nitrogens with one attached hydrogen (secondary N) is 1. The van der Waals surface area contributed by atoms with E-state index in [1.807, 2.05) is 0 Å². The molecule has 120 valence electrons. The number of aromatic amines is 1. The molecule has 2 aromatic rings. The Morgan fingerprint density at radius 1 is 1.09 bits per heavy atom. The first kappa shape index (κ1) is 17.0. The molecule has 0 aliphatic rings. The molecule has 1 aromatic heterocycles. The third-order valence-corrected chi connectivity index (χ3v) is 3.18. The standard InChI is InChI=1S/C14H6ClF5N2O/c15-13(16,17)10-5-11(22-12(23)9(10)6-21)7-1-3-8(4-2-7)14(18,19)20/h1-5H,(H,22,23). The summed E-state index contributed by atoms with van der Waals surface area (Å²) in [5.74, 6) is 0. The van der Waals surface area contributed by atoms with Gasteiger partial charge in [0.1, 0.15) is 11.6 Å². The molecule has 0 fully saturated rings. The first-order valence-corrected chi connectivity index (χ1v) is 6.34. The van der Waals surface area contributed by atoms with Crippen LogP contribution in [0.4, 0.5) is 22.0 Å². The Hall–Kier alpha value is -2.40. The van der Waals surface area contributed by atoms with Crippen molar-refractivity contribution < 1.29 is 22.0 Å². The predicted octanol–water partition coefficient (Wildman–Crippen LogP) is 4.22. The lowest BCUT2D eigenvalue weighted by atomic mass is 10.0. The van der Waals surface area contributed by atoms with E-state index in [1.165, 1.54) is 6.07 Å². The fourth-order valence-corrected chi connectivity index (χ4v) is 2.04. The highest BCUT2D eigenvalue weighted by molar-refractivity contribution is 6.22. The number of halogens is 6. The molecule has 0 amide bonds. The zero-order valence-electron chi connectivity index (χ0n) is 11.0. The molecule has 9 heteroatoms. The summed E-state index contributed by atoms with van der Waals surface area (Å²) in [6.07, 6.45) is -4.55. The molecule has 0 radical (unpaired) electrons. The summed E-state index contributed by atoms with van der Waals surface area (Å²) >= 11 is 4.87. The van der Waals surface area contributed by atoms with Crippen LogP contribution in [0.1, 0.15) is 16.7 Å². The second-order valence-corrected chi connectivity index (χ2v) is 4.96. The molecule has 0 saturated carbocycles. The van der Waals surface area contributed by atoms with Gasteiger partial charge in [-0.05, 0) is 35.4 Å². The molecule has 2 rings (SSSR count). The van der Waals surface area contributed by atoms with Crippen molar-refractivity contribution in [2.75, 3.05) is 0 Å². The van der Waals surface area contributed by atoms with Crippen LogP contribution in [0.5, 0.6) is 0 Å². The van der Waals surface area contributed by atoms with Crippen LogP contribution < -0.4 is 5.56 Å². The van der Waals surface area contributed by atoms with Crippen molar-refractivity contribution in [3.8, 4) is 17.3 Å². The number of hydrogen-bond donors (Lipinski definition) is 1. The van der Waals surface area contributed by atoms with Crippen molar-refractivity contribution in [3.63, 3.8) is 0 Å². The fraction of sp³-hybridized carbons (Fsp3) is 0.143. The Bertz CT molecular complexity index is 829. The SMILES string of the molecule is N#Cc1c(C(F)(F)Cl)cc(-c2ccc(C(F)(F)F)cc2)[nH]c1=O. The highest BCUT2D eigenvalue weighted by Gasteiger charge is 2.33. The number of hydrogen-bond acceptors (Lipinski definition) is 2. The highest BCUT2D eigenvalue weighted by Crippen LogP contribution is 2.35. The third-order valence-electron chi connectivity index (χ3n) is 2.97. The van der Waals surface area contributed by atoms with Crippen molar-refractivity contribution in [1.82, 2.24) is 4.98 Å². The molecule has 0 atom stereocenters. The van der Waals surface area contributed by atoms with E-state index in [9.17, 15) is 26.7 Å². The zero-order valence-corrected chi connectivity index (χ0v) is 11.8. The lowest BCUT2D eigenvalue weighted by Crippen LogP contribution is -2.19. The van der Waals surface area contributed by atoms with Crippen LogP contribution >= 0.6 is 11.6 Å². The predicted molar refractivity (Wildman–Crippen MR) is 72.0 cm³/mol. The van der Waals surface area contributed by atoms with Gasteiger partial charge in [-0.25, -0.2) is 0 Å². The number of pyridine rings is 1.